The molecule has 2 fully saturated rings. The molecule has 3 atom stereocenters. The minimum absolute atomic E-state index is 0.129. The molecule has 100 valence electrons. The summed E-state index contributed by atoms with van der Waals surface area (Å²) in [5, 5.41) is 0. The van der Waals surface area contributed by atoms with Gasteiger partial charge in [0.05, 0.1) is 5.60 Å². The number of rotatable bonds is 6. The van der Waals surface area contributed by atoms with Crippen LogP contribution in [0.25, 0.3) is 0 Å². The Morgan fingerprint density at radius 3 is 2.41 bits per heavy atom. The van der Waals surface area contributed by atoms with Crippen LogP contribution in [0.5, 0.6) is 0 Å². The monoisotopic (exact) mass is 352 g/mol. The molecule has 0 radical (unpaired) electrons. The first-order valence-corrected chi connectivity index (χ1v) is 8.30. The quantitative estimate of drug-likeness (QED) is 0.413. The van der Waals surface area contributed by atoms with E-state index in [-0.39, 0.29) is 5.60 Å². The number of fused-ring (bicyclic) bond motifs is 2. The van der Waals surface area contributed by atoms with E-state index in [0.717, 1.165) is 35.9 Å². The van der Waals surface area contributed by atoms with Gasteiger partial charge in [-0.1, -0.05) is 36.4 Å². The van der Waals surface area contributed by atoms with Gasteiger partial charge >= 0.3 is 0 Å². The summed E-state index contributed by atoms with van der Waals surface area (Å²) in [4.78, 5) is 0. The van der Waals surface area contributed by atoms with Gasteiger partial charge in [0.1, 0.15) is 0 Å². The van der Waals surface area contributed by atoms with Crippen molar-refractivity contribution in [1.29, 1.82) is 0 Å². The van der Waals surface area contributed by atoms with Crippen molar-refractivity contribution in [3.63, 3.8) is 0 Å². The summed E-state index contributed by atoms with van der Waals surface area (Å²) in [6, 6.07) is 0. The SMILES string of the molecule is COCCCOC1(CI)C2CCC(C2)C1(C)C. The summed E-state index contributed by atoms with van der Waals surface area (Å²) in [7, 11) is 1.76. The van der Waals surface area contributed by atoms with E-state index in [0.29, 0.717) is 5.41 Å². The van der Waals surface area contributed by atoms with Crippen LogP contribution in [0.2, 0.25) is 0 Å². The van der Waals surface area contributed by atoms with Crippen molar-refractivity contribution in [2.24, 2.45) is 17.3 Å². The fourth-order valence-corrected chi connectivity index (χ4v) is 5.84. The zero-order chi connectivity index (χ0) is 12.5. The minimum Gasteiger partial charge on any atom is -0.385 e. The van der Waals surface area contributed by atoms with E-state index in [1.807, 2.05) is 0 Å². The van der Waals surface area contributed by atoms with Gasteiger partial charge in [0.15, 0.2) is 0 Å². The van der Waals surface area contributed by atoms with Crippen LogP contribution in [0.3, 0.4) is 0 Å². The van der Waals surface area contributed by atoms with Gasteiger partial charge in [0, 0.05) is 24.8 Å². The second-order valence-electron chi connectivity index (χ2n) is 6.15. The Morgan fingerprint density at radius 1 is 1.18 bits per heavy atom. The molecule has 0 aromatic heterocycles. The summed E-state index contributed by atoms with van der Waals surface area (Å²) < 4.78 is 12.6. The molecular formula is C14H25IO2. The average molecular weight is 352 g/mol. The zero-order valence-electron chi connectivity index (χ0n) is 11.3. The number of alkyl halides is 1. The van der Waals surface area contributed by atoms with Crippen molar-refractivity contribution in [2.75, 3.05) is 24.8 Å². The maximum atomic E-state index is 6.40. The second kappa shape index (κ2) is 5.33. The van der Waals surface area contributed by atoms with Gasteiger partial charge in [-0.2, -0.15) is 0 Å². The first-order chi connectivity index (χ1) is 8.08. The highest BCUT2D eigenvalue weighted by atomic mass is 127. The normalized spacial score (nSPS) is 38.8. The van der Waals surface area contributed by atoms with E-state index < -0.39 is 0 Å². The predicted octanol–water partition coefficient (Wildman–Crippen LogP) is 3.67. The third-order valence-electron chi connectivity index (χ3n) is 5.25. The molecule has 2 aliphatic carbocycles. The van der Waals surface area contributed by atoms with Crippen LogP contribution in [0.4, 0.5) is 0 Å². The van der Waals surface area contributed by atoms with Crippen LogP contribution in [0, 0.1) is 17.3 Å². The van der Waals surface area contributed by atoms with E-state index in [2.05, 4.69) is 36.4 Å². The molecule has 0 aliphatic heterocycles. The van der Waals surface area contributed by atoms with Crippen molar-refractivity contribution in [2.45, 2.75) is 45.1 Å². The van der Waals surface area contributed by atoms with Gasteiger partial charge in [0.25, 0.3) is 0 Å². The topological polar surface area (TPSA) is 18.5 Å². The molecule has 2 nitrogen and oxygen atoms in total. The number of ether oxygens (including phenoxy) is 2. The molecule has 0 heterocycles. The largest absolute Gasteiger partial charge is 0.385 e. The highest BCUT2D eigenvalue weighted by Gasteiger charge is 2.63. The van der Waals surface area contributed by atoms with Crippen LogP contribution in [0.1, 0.15) is 39.5 Å². The summed E-state index contributed by atoms with van der Waals surface area (Å²) in [5.74, 6) is 1.67. The maximum Gasteiger partial charge on any atom is 0.0852 e. The number of hydrogen-bond acceptors (Lipinski definition) is 2. The van der Waals surface area contributed by atoms with Crippen LogP contribution < -0.4 is 0 Å². The zero-order valence-corrected chi connectivity index (χ0v) is 13.5. The number of methoxy groups -OCH3 is 1. The fraction of sp³-hybridized carbons (Fsp3) is 1.00. The molecule has 0 N–H and O–H groups in total. The molecule has 2 aliphatic rings. The predicted molar refractivity (Wildman–Crippen MR) is 78.7 cm³/mol. The molecule has 2 saturated carbocycles. The van der Waals surface area contributed by atoms with Gasteiger partial charge in [0.2, 0.25) is 0 Å². The molecule has 3 heteroatoms. The lowest BCUT2D eigenvalue weighted by Gasteiger charge is -2.48. The Balaban J connectivity index is 2.03. The second-order valence-corrected chi connectivity index (χ2v) is 6.91. The molecule has 2 rings (SSSR count). The van der Waals surface area contributed by atoms with E-state index in [1.165, 1.54) is 19.3 Å². The Morgan fingerprint density at radius 2 is 1.88 bits per heavy atom. The smallest absolute Gasteiger partial charge is 0.0852 e. The third kappa shape index (κ3) is 2.16. The van der Waals surface area contributed by atoms with Crippen molar-refractivity contribution in [3.05, 3.63) is 0 Å². The van der Waals surface area contributed by atoms with Gasteiger partial charge in [-0.05, 0) is 42.9 Å². The van der Waals surface area contributed by atoms with Gasteiger partial charge in [-0.15, -0.1) is 0 Å². The molecule has 17 heavy (non-hydrogen) atoms. The third-order valence-corrected chi connectivity index (χ3v) is 6.39. The summed E-state index contributed by atoms with van der Waals surface area (Å²) in [5.41, 5.74) is 0.481. The minimum atomic E-state index is 0.129. The molecule has 0 aromatic rings. The molecular weight excluding hydrogens is 327 g/mol. The van der Waals surface area contributed by atoms with Crippen molar-refractivity contribution in [3.8, 4) is 0 Å². The van der Waals surface area contributed by atoms with Gasteiger partial charge < -0.3 is 9.47 Å². The van der Waals surface area contributed by atoms with Gasteiger partial charge in [-0.3, -0.25) is 0 Å². The van der Waals surface area contributed by atoms with E-state index >= 15 is 0 Å². The summed E-state index contributed by atoms with van der Waals surface area (Å²) >= 11 is 2.53. The molecule has 2 bridgehead atoms. The van der Waals surface area contributed by atoms with Crippen LogP contribution in [-0.4, -0.2) is 30.4 Å². The van der Waals surface area contributed by atoms with Crippen molar-refractivity contribution < 1.29 is 9.47 Å². The lowest BCUT2D eigenvalue weighted by molar-refractivity contribution is -0.138. The lowest BCUT2D eigenvalue weighted by Crippen LogP contribution is -2.53. The van der Waals surface area contributed by atoms with E-state index in [9.17, 15) is 0 Å². The lowest BCUT2D eigenvalue weighted by atomic mass is 9.66. The first-order valence-electron chi connectivity index (χ1n) is 6.77. The first kappa shape index (κ1) is 14.1. The van der Waals surface area contributed by atoms with Crippen LogP contribution >= 0.6 is 22.6 Å². The van der Waals surface area contributed by atoms with Crippen molar-refractivity contribution >= 4 is 22.6 Å². The highest BCUT2D eigenvalue weighted by molar-refractivity contribution is 14.1. The highest BCUT2D eigenvalue weighted by Crippen LogP contribution is 2.63. The molecule has 0 aromatic carbocycles. The van der Waals surface area contributed by atoms with Gasteiger partial charge in [-0.25, -0.2) is 0 Å². The van der Waals surface area contributed by atoms with E-state index in [4.69, 9.17) is 9.47 Å². The Kier molecular flexibility index (Phi) is 4.41. The van der Waals surface area contributed by atoms with Crippen LogP contribution in [-0.2, 0) is 9.47 Å². The molecule has 0 spiro atoms. The summed E-state index contributed by atoms with van der Waals surface area (Å²) in [6.45, 7) is 6.51. The Labute approximate surface area is 119 Å². The maximum absolute atomic E-state index is 6.40. The molecule has 0 saturated heterocycles. The number of halogens is 1. The fourth-order valence-electron chi connectivity index (χ4n) is 4.01. The van der Waals surface area contributed by atoms with E-state index in [1.54, 1.807) is 7.11 Å². The Bertz CT molecular complexity index is 267. The molecule has 0 amide bonds. The number of hydrogen-bond donors (Lipinski definition) is 0. The molecule has 3 unspecified atom stereocenters. The Hall–Kier alpha value is 0.650. The average Bonchev–Trinajstić information content (AvgIpc) is 2.85. The standard InChI is InChI=1S/C14H25IO2/c1-13(2)11-5-6-12(9-11)14(13,10-15)17-8-4-7-16-3/h11-12H,4-10H2,1-3H3. The summed E-state index contributed by atoms with van der Waals surface area (Å²) in [6.07, 6.45) is 5.20. The van der Waals surface area contributed by atoms with Crippen molar-refractivity contribution in [1.82, 2.24) is 0 Å². The van der Waals surface area contributed by atoms with Crippen LogP contribution in [0.15, 0.2) is 0 Å².